The van der Waals surface area contributed by atoms with Crippen LogP contribution >= 0.6 is 15.9 Å². The number of esters is 2. The molecule has 1 rings (SSSR count). The van der Waals surface area contributed by atoms with E-state index in [2.05, 4.69) is 27.6 Å². The maximum Gasteiger partial charge on any atom is 0.305 e. The van der Waals surface area contributed by atoms with Gasteiger partial charge >= 0.3 is 11.9 Å². The van der Waals surface area contributed by atoms with Crippen LogP contribution in [0, 0.1) is 11.8 Å². The summed E-state index contributed by atoms with van der Waals surface area (Å²) >= 11 is 3.27. The second-order valence-electron chi connectivity index (χ2n) is 7.93. The lowest BCUT2D eigenvalue weighted by molar-refractivity contribution is -0.144. The molecule has 7 nitrogen and oxygen atoms in total. The van der Waals surface area contributed by atoms with E-state index < -0.39 is 18.1 Å². The summed E-state index contributed by atoms with van der Waals surface area (Å²) in [5, 5.41) is 20.6. The lowest BCUT2D eigenvalue weighted by atomic mass is 9.86. The van der Waals surface area contributed by atoms with Crippen molar-refractivity contribution < 1.29 is 34.1 Å². The van der Waals surface area contributed by atoms with Crippen LogP contribution in [0.3, 0.4) is 0 Å². The molecule has 1 aliphatic carbocycles. The highest BCUT2D eigenvalue weighted by Crippen LogP contribution is 2.35. The Morgan fingerprint density at radius 1 is 1.19 bits per heavy atom. The van der Waals surface area contributed by atoms with Gasteiger partial charge in [0.1, 0.15) is 6.10 Å². The van der Waals surface area contributed by atoms with E-state index in [1.807, 2.05) is 12.2 Å². The SMILES string of the molecule is CCCCC[C@@H](/C=C/[C@H]1C=C(Br)C(=O)[C@@H]1CC(O)C(O)CCCC(=O)OC)OC(C)=O. The number of ether oxygens (including phenoxy) is 2. The molecule has 1 aliphatic rings. The number of aliphatic hydroxyl groups excluding tert-OH is 2. The van der Waals surface area contributed by atoms with Crippen molar-refractivity contribution in [1.29, 1.82) is 0 Å². The summed E-state index contributed by atoms with van der Waals surface area (Å²) in [6, 6.07) is 0. The zero-order chi connectivity index (χ0) is 23.4. The molecular formula is C23H35BrO7. The molecule has 0 amide bonds. The Bertz CT molecular complexity index is 658. The van der Waals surface area contributed by atoms with Gasteiger partial charge in [-0.15, -0.1) is 0 Å². The van der Waals surface area contributed by atoms with E-state index in [0.29, 0.717) is 17.3 Å². The van der Waals surface area contributed by atoms with Crippen molar-refractivity contribution in [2.75, 3.05) is 7.11 Å². The fourth-order valence-corrected chi connectivity index (χ4v) is 4.19. The highest BCUT2D eigenvalue weighted by atomic mass is 79.9. The third-order valence-corrected chi connectivity index (χ3v) is 6.04. The Balaban J connectivity index is 2.73. The second kappa shape index (κ2) is 14.5. The number of allylic oxidation sites excluding steroid dienone is 3. The molecule has 0 spiro atoms. The molecule has 0 aromatic carbocycles. The van der Waals surface area contributed by atoms with E-state index in [9.17, 15) is 24.6 Å². The Kier molecular flexibility index (Phi) is 12.9. The fourth-order valence-electron chi connectivity index (χ4n) is 3.60. The Labute approximate surface area is 193 Å². The lowest BCUT2D eigenvalue weighted by Crippen LogP contribution is -2.31. The molecule has 8 heteroatoms. The van der Waals surface area contributed by atoms with Crippen molar-refractivity contribution in [3.05, 3.63) is 22.7 Å². The first-order chi connectivity index (χ1) is 14.7. The van der Waals surface area contributed by atoms with Crippen LogP contribution in [0.15, 0.2) is 22.7 Å². The highest BCUT2D eigenvalue weighted by molar-refractivity contribution is 9.12. The number of methoxy groups -OCH3 is 1. The number of hydrogen-bond donors (Lipinski definition) is 2. The maximum atomic E-state index is 12.6. The van der Waals surface area contributed by atoms with Gasteiger partial charge in [0.05, 0.1) is 23.8 Å². The van der Waals surface area contributed by atoms with Crippen molar-refractivity contribution in [3.63, 3.8) is 0 Å². The average Bonchev–Trinajstić information content (AvgIpc) is 2.98. The van der Waals surface area contributed by atoms with Gasteiger partial charge in [0.2, 0.25) is 0 Å². The van der Waals surface area contributed by atoms with E-state index in [4.69, 9.17) is 4.74 Å². The molecule has 2 unspecified atom stereocenters. The largest absolute Gasteiger partial charge is 0.469 e. The molecule has 0 fully saturated rings. The van der Waals surface area contributed by atoms with E-state index in [1.54, 1.807) is 6.08 Å². The van der Waals surface area contributed by atoms with Crippen molar-refractivity contribution in [1.82, 2.24) is 0 Å². The molecule has 0 bridgehead atoms. The Hall–Kier alpha value is -1.51. The topological polar surface area (TPSA) is 110 Å². The van der Waals surface area contributed by atoms with Crippen molar-refractivity contribution in [3.8, 4) is 0 Å². The number of aliphatic hydroxyl groups is 2. The van der Waals surface area contributed by atoms with Crippen LogP contribution in [0.5, 0.6) is 0 Å². The van der Waals surface area contributed by atoms with E-state index >= 15 is 0 Å². The van der Waals surface area contributed by atoms with Crippen LogP contribution in [0.2, 0.25) is 0 Å². The van der Waals surface area contributed by atoms with Gasteiger partial charge in [0, 0.05) is 25.2 Å². The highest BCUT2D eigenvalue weighted by Gasteiger charge is 2.36. The van der Waals surface area contributed by atoms with Gasteiger partial charge in [-0.2, -0.15) is 0 Å². The molecular weight excluding hydrogens is 468 g/mol. The minimum atomic E-state index is -1.09. The normalized spacial score (nSPS) is 21.6. The molecule has 0 saturated carbocycles. The first-order valence-corrected chi connectivity index (χ1v) is 11.7. The predicted molar refractivity (Wildman–Crippen MR) is 120 cm³/mol. The minimum absolute atomic E-state index is 0.0902. The number of rotatable bonds is 14. The third-order valence-electron chi connectivity index (χ3n) is 5.38. The van der Waals surface area contributed by atoms with Crippen LogP contribution in [0.1, 0.15) is 65.2 Å². The second-order valence-corrected chi connectivity index (χ2v) is 8.78. The zero-order valence-electron chi connectivity index (χ0n) is 18.6. The van der Waals surface area contributed by atoms with E-state index in [-0.39, 0.29) is 49.0 Å². The van der Waals surface area contributed by atoms with Gasteiger partial charge in [0.15, 0.2) is 5.78 Å². The Morgan fingerprint density at radius 3 is 2.52 bits per heavy atom. The molecule has 0 aliphatic heterocycles. The number of unbranched alkanes of at least 4 members (excludes halogenated alkanes) is 2. The standard InChI is InChI=1S/C23H35BrO7/c1-4-5-6-8-17(31-15(2)25)12-11-16-13-19(24)23(29)18(16)14-21(27)20(26)9-7-10-22(28)30-3/h11-13,16-18,20-21,26-27H,4-10,14H2,1-3H3/b12-11+/t16-,17-,18+,20?,21?/m0/s1. The van der Waals surface area contributed by atoms with Gasteiger partial charge in [-0.3, -0.25) is 14.4 Å². The molecule has 2 N–H and O–H groups in total. The van der Waals surface area contributed by atoms with Crippen LogP contribution < -0.4 is 0 Å². The summed E-state index contributed by atoms with van der Waals surface area (Å²) in [6.07, 6.45) is 7.55. The quantitative estimate of drug-likeness (QED) is 0.212. The van der Waals surface area contributed by atoms with Gasteiger partial charge < -0.3 is 19.7 Å². The van der Waals surface area contributed by atoms with Crippen molar-refractivity contribution >= 4 is 33.7 Å². The Morgan fingerprint density at radius 2 is 1.90 bits per heavy atom. The molecule has 31 heavy (non-hydrogen) atoms. The van der Waals surface area contributed by atoms with Crippen LogP contribution in [-0.4, -0.2) is 53.4 Å². The molecule has 0 aromatic rings. The minimum Gasteiger partial charge on any atom is -0.469 e. The summed E-state index contributed by atoms with van der Waals surface area (Å²) in [5.41, 5.74) is 0. The molecule has 176 valence electrons. The van der Waals surface area contributed by atoms with Crippen LogP contribution in [-0.2, 0) is 23.9 Å². The summed E-state index contributed by atoms with van der Waals surface area (Å²) in [7, 11) is 1.30. The number of carbonyl (C=O) groups is 3. The number of hydrogen-bond acceptors (Lipinski definition) is 7. The van der Waals surface area contributed by atoms with Gasteiger partial charge in [-0.05, 0) is 54.1 Å². The monoisotopic (exact) mass is 502 g/mol. The zero-order valence-corrected chi connectivity index (χ0v) is 20.2. The summed E-state index contributed by atoms with van der Waals surface area (Å²) in [5.74, 6) is -1.65. The van der Waals surface area contributed by atoms with Gasteiger partial charge in [-0.1, -0.05) is 31.9 Å². The number of Topliss-reactive ketones (excluding diaryl/α,β-unsaturated/α-hetero) is 1. The smallest absolute Gasteiger partial charge is 0.305 e. The first kappa shape index (κ1) is 27.5. The number of halogens is 1. The number of carbonyl (C=O) groups excluding carboxylic acids is 3. The molecule has 0 saturated heterocycles. The summed E-state index contributed by atoms with van der Waals surface area (Å²) in [4.78, 5) is 35.1. The van der Waals surface area contributed by atoms with Gasteiger partial charge in [0.25, 0.3) is 0 Å². The maximum absolute atomic E-state index is 12.6. The van der Waals surface area contributed by atoms with Crippen LogP contribution in [0.25, 0.3) is 0 Å². The lowest BCUT2D eigenvalue weighted by Gasteiger charge is -2.23. The summed E-state index contributed by atoms with van der Waals surface area (Å²) < 4.78 is 10.4. The van der Waals surface area contributed by atoms with E-state index in [1.165, 1.54) is 14.0 Å². The third kappa shape index (κ3) is 10.1. The molecule has 0 heterocycles. The fraction of sp³-hybridized carbons (Fsp3) is 0.696. The molecule has 0 radical (unpaired) electrons. The predicted octanol–water partition coefficient (Wildman–Crippen LogP) is 3.60. The summed E-state index contributed by atoms with van der Waals surface area (Å²) in [6.45, 7) is 3.47. The average molecular weight is 503 g/mol. The molecule has 5 atom stereocenters. The van der Waals surface area contributed by atoms with E-state index in [0.717, 1.165) is 19.3 Å². The van der Waals surface area contributed by atoms with Crippen LogP contribution in [0.4, 0.5) is 0 Å². The van der Waals surface area contributed by atoms with Crippen molar-refractivity contribution in [2.45, 2.75) is 83.5 Å². The number of ketones is 1. The first-order valence-electron chi connectivity index (χ1n) is 10.9. The van der Waals surface area contributed by atoms with Crippen molar-refractivity contribution in [2.24, 2.45) is 11.8 Å². The van der Waals surface area contributed by atoms with Gasteiger partial charge in [-0.25, -0.2) is 0 Å². The molecule has 0 aromatic heterocycles.